The molecular formula is C12H15ClN2O. The van der Waals surface area contributed by atoms with Crippen molar-refractivity contribution in [3.8, 4) is 11.8 Å². The number of hydrogen-bond donors (Lipinski definition) is 0. The van der Waals surface area contributed by atoms with E-state index in [1.807, 2.05) is 14.1 Å². The van der Waals surface area contributed by atoms with Crippen LogP contribution in [0.2, 0.25) is 5.02 Å². The zero-order valence-corrected chi connectivity index (χ0v) is 10.3. The van der Waals surface area contributed by atoms with Crippen LogP contribution >= 0.6 is 11.6 Å². The van der Waals surface area contributed by atoms with Gasteiger partial charge >= 0.3 is 0 Å². The summed E-state index contributed by atoms with van der Waals surface area (Å²) in [5.74, 6) is 0.564. The largest absolute Gasteiger partial charge is 0.492 e. The molecule has 0 saturated heterocycles. The average molecular weight is 239 g/mol. The molecule has 0 aliphatic rings. The number of benzene rings is 1. The standard InChI is InChI=1S/C12H15ClN2O/c1-15(2)6-3-7-16-12-8-11(13)5-4-10(12)9-14/h4-5,8H,3,6-7H2,1-2H3. The van der Waals surface area contributed by atoms with Crippen LogP contribution < -0.4 is 4.74 Å². The molecular weight excluding hydrogens is 224 g/mol. The Hall–Kier alpha value is -1.24. The summed E-state index contributed by atoms with van der Waals surface area (Å²) in [5.41, 5.74) is 0.522. The number of rotatable bonds is 5. The Labute approximate surface area is 101 Å². The summed E-state index contributed by atoms with van der Waals surface area (Å²) in [4.78, 5) is 2.09. The Kier molecular flexibility index (Phi) is 5.10. The quantitative estimate of drug-likeness (QED) is 0.740. The van der Waals surface area contributed by atoms with Crippen LogP contribution in [0.1, 0.15) is 12.0 Å². The van der Waals surface area contributed by atoms with Crippen molar-refractivity contribution in [1.82, 2.24) is 4.90 Å². The first-order chi connectivity index (χ1) is 7.63. The van der Waals surface area contributed by atoms with Crippen molar-refractivity contribution in [3.63, 3.8) is 0 Å². The maximum Gasteiger partial charge on any atom is 0.138 e. The summed E-state index contributed by atoms with van der Waals surface area (Å²) in [6, 6.07) is 7.11. The van der Waals surface area contributed by atoms with Crippen molar-refractivity contribution >= 4 is 11.6 Å². The van der Waals surface area contributed by atoms with Crippen LogP contribution in [0.25, 0.3) is 0 Å². The van der Waals surface area contributed by atoms with E-state index in [1.54, 1.807) is 18.2 Å². The molecule has 0 amide bonds. The second-order valence-corrected chi connectivity index (χ2v) is 4.19. The van der Waals surface area contributed by atoms with Gasteiger partial charge in [-0.1, -0.05) is 11.6 Å². The van der Waals surface area contributed by atoms with Gasteiger partial charge in [0.2, 0.25) is 0 Å². The van der Waals surface area contributed by atoms with Gasteiger partial charge in [-0.15, -0.1) is 0 Å². The molecule has 0 heterocycles. The Morgan fingerprint density at radius 3 is 2.81 bits per heavy atom. The zero-order chi connectivity index (χ0) is 12.0. The Bertz CT molecular complexity index is 385. The van der Waals surface area contributed by atoms with E-state index in [2.05, 4.69) is 11.0 Å². The first-order valence-corrected chi connectivity index (χ1v) is 5.48. The highest BCUT2D eigenvalue weighted by molar-refractivity contribution is 6.30. The van der Waals surface area contributed by atoms with Crippen LogP contribution in [-0.2, 0) is 0 Å². The molecule has 0 unspecified atom stereocenters. The lowest BCUT2D eigenvalue weighted by atomic mass is 10.2. The maximum atomic E-state index is 8.87. The Morgan fingerprint density at radius 2 is 2.19 bits per heavy atom. The third kappa shape index (κ3) is 4.09. The summed E-state index contributed by atoms with van der Waals surface area (Å²) in [6.07, 6.45) is 0.921. The molecule has 1 aromatic rings. The normalized spacial score (nSPS) is 10.2. The van der Waals surface area contributed by atoms with Gasteiger partial charge in [0, 0.05) is 17.6 Å². The number of halogens is 1. The fourth-order valence-electron chi connectivity index (χ4n) is 1.27. The fourth-order valence-corrected chi connectivity index (χ4v) is 1.43. The van der Waals surface area contributed by atoms with E-state index in [1.165, 1.54) is 0 Å². The molecule has 0 aromatic heterocycles. The van der Waals surface area contributed by atoms with Gasteiger partial charge in [-0.3, -0.25) is 0 Å². The van der Waals surface area contributed by atoms with E-state index in [9.17, 15) is 0 Å². The Balaban J connectivity index is 2.53. The van der Waals surface area contributed by atoms with Crippen LogP contribution in [0.3, 0.4) is 0 Å². The third-order valence-electron chi connectivity index (χ3n) is 2.07. The Morgan fingerprint density at radius 1 is 1.44 bits per heavy atom. The van der Waals surface area contributed by atoms with Crippen LogP contribution in [0.4, 0.5) is 0 Å². The van der Waals surface area contributed by atoms with E-state index in [0.29, 0.717) is 22.9 Å². The smallest absolute Gasteiger partial charge is 0.138 e. The summed E-state index contributed by atoms with van der Waals surface area (Å²) in [5, 5.41) is 9.46. The predicted molar refractivity (Wildman–Crippen MR) is 64.8 cm³/mol. The molecule has 0 spiro atoms. The molecule has 0 aliphatic heterocycles. The SMILES string of the molecule is CN(C)CCCOc1cc(Cl)ccc1C#N. The minimum atomic E-state index is 0.522. The maximum absolute atomic E-state index is 8.87. The molecule has 0 radical (unpaired) electrons. The van der Waals surface area contributed by atoms with Crippen molar-refractivity contribution in [2.45, 2.75) is 6.42 Å². The van der Waals surface area contributed by atoms with Crippen LogP contribution in [0.5, 0.6) is 5.75 Å². The van der Waals surface area contributed by atoms with Crippen molar-refractivity contribution in [1.29, 1.82) is 5.26 Å². The van der Waals surface area contributed by atoms with Crippen molar-refractivity contribution in [2.75, 3.05) is 27.2 Å². The van der Waals surface area contributed by atoms with Crippen molar-refractivity contribution < 1.29 is 4.74 Å². The highest BCUT2D eigenvalue weighted by Gasteiger charge is 2.03. The van der Waals surface area contributed by atoms with E-state index in [-0.39, 0.29) is 0 Å². The van der Waals surface area contributed by atoms with Gasteiger partial charge in [0.15, 0.2) is 0 Å². The highest BCUT2D eigenvalue weighted by Crippen LogP contribution is 2.22. The van der Waals surface area contributed by atoms with Crippen molar-refractivity contribution in [2.24, 2.45) is 0 Å². The number of hydrogen-bond acceptors (Lipinski definition) is 3. The average Bonchev–Trinajstić information content (AvgIpc) is 2.24. The lowest BCUT2D eigenvalue weighted by Crippen LogP contribution is -2.15. The molecule has 0 N–H and O–H groups in total. The lowest BCUT2D eigenvalue weighted by Gasteiger charge is -2.11. The molecule has 1 aromatic carbocycles. The fraction of sp³-hybridized carbons (Fsp3) is 0.417. The van der Waals surface area contributed by atoms with Gasteiger partial charge in [0.25, 0.3) is 0 Å². The molecule has 0 bridgehead atoms. The highest BCUT2D eigenvalue weighted by atomic mass is 35.5. The monoisotopic (exact) mass is 238 g/mol. The second-order valence-electron chi connectivity index (χ2n) is 3.76. The molecule has 0 saturated carbocycles. The number of nitriles is 1. The van der Waals surface area contributed by atoms with Gasteiger partial charge in [0.05, 0.1) is 12.2 Å². The van der Waals surface area contributed by atoms with E-state index >= 15 is 0 Å². The van der Waals surface area contributed by atoms with E-state index in [4.69, 9.17) is 21.6 Å². The van der Waals surface area contributed by atoms with Gasteiger partial charge < -0.3 is 9.64 Å². The number of ether oxygens (including phenoxy) is 1. The molecule has 0 aliphatic carbocycles. The van der Waals surface area contributed by atoms with E-state index < -0.39 is 0 Å². The first kappa shape index (κ1) is 12.8. The van der Waals surface area contributed by atoms with Gasteiger partial charge in [-0.25, -0.2) is 0 Å². The molecule has 3 nitrogen and oxygen atoms in total. The molecule has 4 heteroatoms. The first-order valence-electron chi connectivity index (χ1n) is 5.10. The molecule has 1 rings (SSSR count). The minimum absolute atomic E-state index is 0.522. The summed E-state index contributed by atoms with van der Waals surface area (Å²) in [6.45, 7) is 1.55. The summed E-state index contributed by atoms with van der Waals surface area (Å²) in [7, 11) is 4.03. The van der Waals surface area contributed by atoms with Crippen LogP contribution in [0.15, 0.2) is 18.2 Å². The zero-order valence-electron chi connectivity index (χ0n) is 9.53. The summed E-state index contributed by atoms with van der Waals surface area (Å²) >= 11 is 5.84. The van der Waals surface area contributed by atoms with Crippen molar-refractivity contribution in [3.05, 3.63) is 28.8 Å². The predicted octanol–water partition coefficient (Wildman–Crippen LogP) is 2.54. The van der Waals surface area contributed by atoms with Gasteiger partial charge in [0.1, 0.15) is 11.8 Å². The number of nitrogens with zero attached hydrogens (tertiary/aromatic N) is 2. The minimum Gasteiger partial charge on any atom is -0.492 e. The third-order valence-corrected chi connectivity index (χ3v) is 2.31. The molecule has 16 heavy (non-hydrogen) atoms. The second kappa shape index (κ2) is 6.37. The summed E-state index contributed by atoms with van der Waals surface area (Å²) < 4.78 is 5.53. The van der Waals surface area contributed by atoms with Gasteiger partial charge in [-0.05, 0) is 32.6 Å². The molecule has 0 atom stereocenters. The van der Waals surface area contributed by atoms with Gasteiger partial charge in [-0.2, -0.15) is 5.26 Å². The topological polar surface area (TPSA) is 36.3 Å². The molecule has 0 fully saturated rings. The van der Waals surface area contributed by atoms with E-state index in [0.717, 1.165) is 13.0 Å². The van der Waals surface area contributed by atoms with Crippen LogP contribution in [0, 0.1) is 11.3 Å². The van der Waals surface area contributed by atoms with Crippen LogP contribution in [-0.4, -0.2) is 32.1 Å². The lowest BCUT2D eigenvalue weighted by molar-refractivity contribution is 0.281. The molecule has 86 valence electrons.